The Hall–Kier alpha value is -1.60. The van der Waals surface area contributed by atoms with Gasteiger partial charge in [-0.05, 0) is 69.1 Å². The highest BCUT2D eigenvalue weighted by atomic mass is 15.1. The lowest BCUT2D eigenvalue weighted by Crippen LogP contribution is -2.40. The number of piperidine rings is 1. The van der Waals surface area contributed by atoms with Gasteiger partial charge in [0.05, 0.1) is 0 Å². The molecule has 1 nitrogen and oxygen atoms in total. The van der Waals surface area contributed by atoms with Crippen molar-refractivity contribution in [1.29, 1.82) is 0 Å². The van der Waals surface area contributed by atoms with Crippen LogP contribution in [0.15, 0.2) is 36.4 Å². The highest BCUT2D eigenvalue weighted by Crippen LogP contribution is 2.54. The van der Waals surface area contributed by atoms with Crippen molar-refractivity contribution in [2.45, 2.75) is 46.0 Å². The van der Waals surface area contributed by atoms with E-state index in [1.54, 1.807) is 11.1 Å². The first-order chi connectivity index (χ1) is 11.1. The second kappa shape index (κ2) is 6.13. The van der Waals surface area contributed by atoms with Gasteiger partial charge in [-0.2, -0.15) is 0 Å². The molecule has 2 aliphatic rings. The van der Waals surface area contributed by atoms with Crippen molar-refractivity contribution in [2.24, 2.45) is 0 Å². The van der Waals surface area contributed by atoms with Gasteiger partial charge in [0.2, 0.25) is 0 Å². The molecule has 0 saturated carbocycles. The number of hydrogen-bond donors (Lipinski definition) is 0. The molecule has 2 aromatic rings. The average molecular weight is 307 g/mol. The van der Waals surface area contributed by atoms with E-state index in [0.29, 0.717) is 0 Å². The van der Waals surface area contributed by atoms with Crippen LogP contribution >= 0.6 is 0 Å². The first kappa shape index (κ1) is 16.3. The van der Waals surface area contributed by atoms with Crippen molar-refractivity contribution in [3.8, 4) is 11.1 Å². The maximum atomic E-state index is 2.47. The van der Waals surface area contributed by atoms with Gasteiger partial charge in [-0.1, -0.05) is 61.4 Å². The standard InChI is InChI=1S/C20H23N.C2H6/c1-14-4-6-16-17-7-5-15(2)13-19(17)20(18(16)12-14)8-10-21(3)11-9-20;1-2/h4-7,12-13H,8-11H2,1-3H3;1-2H3. The smallest absolute Gasteiger partial charge is 0.0239 e. The third-order valence-electron chi connectivity index (χ3n) is 5.51. The molecule has 0 aromatic heterocycles. The summed E-state index contributed by atoms with van der Waals surface area (Å²) in [5.74, 6) is 0. The molecule has 0 unspecified atom stereocenters. The van der Waals surface area contributed by atoms with Crippen LogP contribution in [0.3, 0.4) is 0 Å². The van der Waals surface area contributed by atoms with Crippen LogP contribution in [0.4, 0.5) is 0 Å². The summed E-state index contributed by atoms with van der Waals surface area (Å²) in [4.78, 5) is 2.47. The van der Waals surface area contributed by atoms with Crippen LogP contribution in [0.1, 0.15) is 48.9 Å². The third-order valence-corrected chi connectivity index (χ3v) is 5.51. The van der Waals surface area contributed by atoms with Gasteiger partial charge in [0.15, 0.2) is 0 Å². The molecule has 1 aliphatic carbocycles. The van der Waals surface area contributed by atoms with Crippen LogP contribution in [0.25, 0.3) is 11.1 Å². The summed E-state index contributed by atoms with van der Waals surface area (Å²) in [6.07, 6.45) is 2.49. The summed E-state index contributed by atoms with van der Waals surface area (Å²) in [7, 11) is 2.25. The Balaban J connectivity index is 0.000000753. The van der Waals surface area contributed by atoms with E-state index in [1.807, 2.05) is 13.8 Å². The molecule has 4 rings (SSSR count). The summed E-state index contributed by atoms with van der Waals surface area (Å²) >= 11 is 0. The molecule has 0 N–H and O–H groups in total. The van der Waals surface area contributed by atoms with Gasteiger partial charge >= 0.3 is 0 Å². The molecule has 23 heavy (non-hydrogen) atoms. The topological polar surface area (TPSA) is 3.24 Å². The van der Waals surface area contributed by atoms with E-state index in [1.165, 1.54) is 48.2 Å². The second-order valence-electron chi connectivity index (χ2n) is 6.98. The van der Waals surface area contributed by atoms with E-state index < -0.39 is 0 Å². The van der Waals surface area contributed by atoms with Crippen LogP contribution in [-0.2, 0) is 5.41 Å². The largest absolute Gasteiger partial charge is 0.306 e. The summed E-state index contributed by atoms with van der Waals surface area (Å²) in [5, 5.41) is 0. The van der Waals surface area contributed by atoms with E-state index in [4.69, 9.17) is 0 Å². The van der Waals surface area contributed by atoms with Crippen molar-refractivity contribution in [3.63, 3.8) is 0 Å². The van der Waals surface area contributed by atoms with Crippen molar-refractivity contribution in [3.05, 3.63) is 58.7 Å². The summed E-state index contributed by atoms with van der Waals surface area (Å²) in [5.41, 5.74) is 9.13. The van der Waals surface area contributed by atoms with Crippen molar-refractivity contribution in [1.82, 2.24) is 4.90 Å². The summed E-state index contributed by atoms with van der Waals surface area (Å²) in [6, 6.07) is 14.1. The van der Waals surface area contributed by atoms with Crippen molar-refractivity contribution >= 4 is 0 Å². The number of aryl methyl sites for hydroxylation is 2. The maximum absolute atomic E-state index is 2.47. The van der Waals surface area contributed by atoms with Crippen LogP contribution < -0.4 is 0 Å². The molecule has 0 amide bonds. The Morgan fingerprint density at radius 3 is 1.65 bits per heavy atom. The highest BCUT2D eigenvalue weighted by molar-refractivity contribution is 5.81. The monoisotopic (exact) mass is 307 g/mol. The number of likely N-dealkylation sites (tertiary alicyclic amines) is 1. The zero-order valence-corrected chi connectivity index (χ0v) is 15.2. The second-order valence-corrected chi connectivity index (χ2v) is 6.98. The van der Waals surface area contributed by atoms with Crippen LogP contribution in [0.5, 0.6) is 0 Å². The predicted octanol–water partition coefficient (Wildman–Crippen LogP) is 5.32. The predicted molar refractivity (Wildman–Crippen MR) is 100 cm³/mol. The number of nitrogens with zero attached hydrogens (tertiary/aromatic N) is 1. The zero-order chi connectivity index (χ0) is 16.6. The van der Waals surface area contributed by atoms with Gasteiger partial charge in [-0.25, -0.2) is 0 Å². The molecular weight excluding hydrogens is 278 g/mol. The van der Waals surface area contributed by atoms with E-state index in [-0.39, 0.29) is 5.41 Å². The Morgan fingerprint density at radius 2 is 1.22 bits per heavy atom. The summed E-state index contributed by atoms with van der Waals surface area (Å²) < 4.78 is 0. The number of rotatable bonds is 0. The highest BCUT2D eigenvalue weighted by Gasteiger charge is 2.44. The molecule has 0 bridgehead atoms. The minimum absolute atomic E-state index is 0.259. The fraction of sp³-hybridized carbons (Fsp3) is 0.455. The minimum Gasteiger partial charge on any atom is -0.306 e. The summed E-state index contributed by atoms with van der Waals surface area (Å²) in [6.45, 7) is 10.8. The van der Waals surface area contributed by atoms with Crippen molar-refractivity contribution < 1.29 is 0 Å². The lowest BCUT2D eigenvalue weighted by molar-refractivity contribution is 0.216. The normalized spacial score (nSPS) is 18.1. The first-order valence-corrected chi connectivity index (χ1v) is 9.01. The molecule has 1 fully saturated rings. The average Bonchev–Trinajstić information content (AvgIpc) is 2.82. The Kier molecular flexibility index (Phi) is 4.33. The molecular formula is C22H29N. The number of benzene rings is 2. The van der Waals surface area contributed by atoms with E-state index in [2.05, 4.69) is 62.2 Å². The Bertz CT molecular complexity index is 652. The van der Waals surface area contributed by atoms with E-state index in [0.717, 1.165) is 0 Å². The molecule has 1 aliphatic heterocycles. The van der Waals surface area contributed by atoms with Crippen LogP contribution in [-0.4, -0.2) is 25.0 Å². The molecule has 1 saturated heterocycles. The molecule has 0 radical (unpaired) electrons. The van der Waals surface area contributed by atoms with E-state index >= 15 is 0 Å². The van der Waals surface area contributed by atoms with Gasteiger partial charge in [-0.15, -0.1) is 0 Å². The third kappa shape index (κ3) is 2.52. The quantitative estimate of drug-likeness (QED) is 0.636. The van der Waals surface area contributed by atoms with E-state index in [9.17, 15) is 0 Å². The van der Waals surface area contributed by atoms with Gasteiger partial charge in [0.1, 0.15) is 0 Å². The van der Waals surface area contributed by atoms with Crippen LogP contribution in [0, 0.1) is 13.8 Å². The lowest BCUT2D eigenvalue weighted by atomic mass is 9.70. The van der Waals surface area contributed by atoms with Gasteiger partial charge in [0.25, 0.3) is 0 Å². The lowest BCUT2D eigenvalue weighted by Gasteiger charge is -2.40. The molecule has 1 heterocycles. The molecule has 122 valence electrons. The number of fused-ring (bicyclic) bond motifs is 5. The van der Waals surface area contributed by atoms with Gasteiger partial charge in [0, 0.05) is 5.41 Å². The van der Waals surface area contributed by atoms with Gasteiger partial charge < -0.3 is 4.90 Å². The molecule has 1 heteroatoms. The Morgan fingerprint density at radius 1 is 0.783 bits per heavy atom. The fourth-order valence-electron chi connectivity index (χ4n) is 4.26. The SMILES string of the molecule is CC.Cc1ccc2c(c1)C1(CCN(C)CC1)c1cc(C)ccc1-2. The molecule has 0 atom stereocenters. The zero-order valence-electron chi connectivity index (χ0n) is 15.2. The molecule has 2 aromatic carbocycles. The van der Waals surface area contributed by atoms with Crippen molar-refractivity contribution in [2.75, 3.05) is 20.1 Å². The number of hydrogen-bond acceptors (Lipinski definition) is 1. The maximum Gasteiger partial charge on any atom is 0.0239 e. The van der Waals surface area contributed by atoms with Gasteiger partial charge in [-0.3, -0.25) is 0 Å². The Labute approximate surface area is 141 Å². The first-order valence-electron chi connectivity index (χ1n) is 9.01. The molecule has 1 spiro atoms. The fourth-order valence-corrected chi connectivity index (χ4v) is 4.26. The van der Waals surface area contributed by atoms with Crippen LogP contribution in [0.2, 0.25) is 0 Å². The minimum atomic E-state index is 0.259.